The largest absolute Gasteiger partial charge is 0.507 e. The van der Waals surface area contributed by atoms with E-state index in [1.54, 1.807) is 30.3 Å². The van der Waals surface area contributed by atoms with Gasteiger partial charge in [0.15, 0.2) is 0 Å². The number of aromatic hydroxyl groups is 1. The summed E-state index contributed by atoms with van der Waals surface area (Å²) in [5.74, 6) is -0.744. The van der Waals surface area contributed by atoms with Crippen LogP contribution in [0.1, 0.15) is 10.4 Å². The lowest BCUT2D eigenvalue weighted by molar-refractivity contribution is 0.102. The van der Waals surface area contributed by atoms with Crippen molar-refractivity contribution >= 4 is 38.2 Å². The molecule has 0 heterocycles. The van der Waals surface area contributed by atoms with E-state index in [0.717, 1.165) is 6.07 Å². The number of nitrogens with two attached hydrogens (primary N) is 1. The molecule has 5 N–H and O–H groups in total. The molecular weight excluding hydrogens is 344 g/mol. The number of para-hydroxylation sites is 1. The Hall–Kier alpha value is -3.10. The van der Waals surface area contributed by atoms with Crippen LogP contribution in [0.3, 0.4) is 0 Å². The average molecular weight is 358 g/mol. The van der Waals surface area contributed by atoms with E-state index in [4.69, 9.17) is 10.3 Å². The molecule has 0 unspecified atom stereocenters. The van der Waals surface area contributed by atoms with E-state index >= 15 is 0 Å². The highest BCUT2D eigenvalue weighted by Gasteiger charge is 2.14. The minimum absolute atomic E-state index is 0.313. The van der Waals surface area contributed by atoms with Crippen LogP contribution in [0.25, 0.3) is 10.8 Å². The predicted octanol–water partition coefficient (Wildman–Crippen LogP) is 2.63. The molecule has 0 aliphatic carbocycles. The molecule has 0 saturated carbocycles. The van der Waals surface area contributed by atoms with E-state index in [-0.39, 0.29) is 5.75 Å². The molecule has 0 fully saturated rings. The van der Waals surface area contributed by atoms with Crippen molar-refractivity contribution in [3.63, 3.8) is 0 Å². The molecular formula is C17H14N2O5S. The van der Waals surface area contributed by atoms with E-state index < -0.39 is 20.9 Å². The summed E-state index contributed by atoms with van der Waals surface area (Å²) in [5, 5.41) is 13.4. The van der Waals surface area contributed by atoms with E-state index in [2.05, 4.69) is 5.32 Å². The topological polar surface area (TPSA) is 130 Å². The number of anilines is 2. The Bertz CT molecular complexity index is 1090. The molecule has 0 saturated heterocycles. The van der Waals surface area contributed by atoms with Crippen molar-refractivity contribution < 1.29 is 22.9 Å². The summed E-state index contributed by atoms with van der Waals surface area (Å²) in [5.41, 5.74) is 6.81. The van der Waals surface area contributed by atoms with Crippen molar-refractivity contribution in [1.29, 1.82) is 0 Å². The van der Waals surface area contributed by atoms with Crippen molar-refractivity contribution in [1.82, 2.24) is 0 Å². The quantitative estimate of drug-likeness (QED) is 0.421. The van der Waals surface area contributed by atoms with Gasteiger partial charge in [0.1, 0.15) is 5.75 Å². The zero-order chi connectivity index (χ0) is 18.2. The molecule has 0 bridgehead atoms. The fourth-order valence-corrected chi connectivity index (χ4v) is 2.98. The van der Waals surface area contributed by atoms with Crippen molar-refractivity contribution in [2.24, 2.45) is 0 Å². The monoisotopic (exact) mass is 358 g/mol. The van der Waals surface area contributed by atoms with Crippen LogP contribution in [0.15, 0.2) is 59.5 Å². The van der Waals surface area contributed by atoms with E-state index in [1.165, 1.54) is 18.2 Å². The van der Waals surface area contributed by atoms with Crippen LogP contribution in [-0.2, 0) is 10.1 Å². The summed E-state index contributed by atoms with van der Waals surface area (Å²) in [7, 11) is -4.43. The first kappa shape index (κ1) is 16.7. The van der Waals surface area contributed by atoms with Crippen LogP contribution in [0.2, 0.25) is 0 Å². The summed E-state index contributed by atoms with van der Waals surface area (Å²) in [6.07, 6.45) is 0. The number of hydrogen-bond acceptors (Lipinski definition) is 5. The van der Waals surface area contributed by atoms with Gasteiger partial charge >= 0.3 is 0 Å². The summed E-state index contributed by atoms with van der Waals surface area (Å²) in [6, 6.07) is 13.3. The van der Waals surface area contributed by atoms with Gasteiger partial charge in [-0.1, -0.05) is 18.2 Å². The summed E-state index contributed by atoms with van der Waals surface area (Å²) in [6.45, 7) is 0. The summed E-state index contributed by atoms with van der Waals surface area (Å²) in [4.78, 5) is 11.9. The molecule has 0 atom stereocenters. The Morgan fingerprint density at radius 1 is 1.04 bits per heavy atom. The molecule has 0 spiro atoms. The number of rotatable bonds is 3. The van der Waals surface area contributed by atoms with Gasteiger partial charge in [-0.2, -0.15) is 8.42 Å². The lowest BCUT2D eigenvalue weighted by atomic mass is 10.1. The SMILES string of the molecule is Nc1ccccc1C(=O)Nc1ccc2cc(S(=O)(=O)O)cc(O)c2c1. The molecule has 0 aliphatic heterocycles. The molecule has 128 valence electrons. The van der Waals surface area contributed by atoms with Gasteiger partial charge in [0.25, 0.3) is 16.0 Å². The van der Waals surface area contributed by atoms with Crippen LogP contribution in [0.5, 0.6) is 5.75 Å². The maximum absolute atomic E-state index is 12.3. The first-order valence-electron chi connectivity index (χ1n) is 7.16. The standard InChI is InChI=1S/C17H14N2O5S/c18-15-4-2-1-3-13(15)17(21)19-11-6-5-10-7-12(25(22,23)24)9-16(20)14(10)8-11/h1-9,20H,18H2,(H,19,21)(H,22,23,24). The number of nitrogens with one attached hydrogen (secondary N) is 1. The Morgan fingerprint density at radius 2 is 1.76 bits per heavy atom. The molecule has 3 aromatic carbocycles. The molecule has 1 amide bonds. The number of benzene rings is 3. The number of nitrogen functional groups attached to an aromatic ring is 1. The van der Waals surface area contributed by atoms with Crippen molar-refractivity contribution in [2.75, 3.05) is 11.1 Å². The average Bonchev–Trinajstić information content (AvgIpc) is 2.54. The Labute approximate surface area is 143 Å². The minimum atomic E-state index is -4.43. The lowest BCUT2D eigenvalue weighted by Gasteiger charge is -2.10. The second-order valence-corrected chi connectivity index (χ2v) is 6.82. The van der Waals surface area contributed by atoms with Gasteiger partial charge < -0.3 is 16.2 Å². The third kappa shape index (κ3) is 3.39. The van der Waals surface area contributed by atoms with Gasteiger partial charge in [-0.25, -0.2) is 0 Å². The molecule has 0 radical (unpaired) electrons. The zero-order valence-corrected chi connectivity index (χ0v) is 13.6. The zero-order valence-electron chi connectivity index (χ0n) is 12.8. The second-order valence-electron chi connectivity index (χ2n) is 5.39. The van der Waals surface area contributed by atoms with E-state index in [9.17, 15) is 18.3 Å². The van der Waals surface area contributed by atoms with Crippen molar-refractivity contribution in [3.8, 4) is 5.75 Å². The lowest BCUT2D eigenvalue weighted by Crippen LogP contribution is -2.13. The van der Waals surface area contributed by atoms with Gasteiger partial charge in [0, 0.05) is 22.8 Å². The van der Waals surface area contributed by atoms with Crippen LogP contribution in [-0.4, -0.2) is 24.0 Å². The number of carbonyl (C=O) groups is 1. The van der Waals surface area contributed by atoms with Crippen LogP contribution in [0.4, 0.5) is 11.4 Å². The third-order valence-electron chi connectivity index (χ3n) is 3.67. The van der Waals surface area contributed by atoms with Gasteiger partial charge in [-0.3, -0.25) is 9.35 Å². The van der Waals surface area contributed by atoms with Crippen LogP contribution in [0, 0.1) is 0 Å². The summed E-state index contributed by atoms with van der Waals surface area (Å²) < 4.78 is 31.5. The molecule has 0 aliphatic rings. The molecule has 3 rings (SSSR count). The molecule has 7 nitrogen and oxygen atoms in total. The van der Waals surface area contributed by atoms with E-state index in [1.807, 2.05) is 0 Å². The van der Waals surface area contributed by atoms with Gasteiger partial charge in [0.2, 0.25) is 0 Å². The minimum Gasteiger partial charge on any atom is -0.507 e. The Kier molecular flexibility index (Phi) is 4.07. The third-order valence-corrected chi connectivity index (χ3v) is 4.50. The number of carbonyl (C=O) groups excluding carboxylic acids is 1. The second kappa shape index (κ2) is 6.08. The fourth-order valence-electron chi connectivity index (χ4n) is 2.44. The summed E-state index contributed by atoms with van der Waals surface area (Å²) >= 11 is 0. The number of phenols is 1. The number of fused-ring (bicyclic) bond motifs is 1. The maximum atomic E-state index is 12.3. The van der Waals surface area contributed by atoms with Gasteiger partial charge in [-0.05, 0) is 35.7 Å². The first-order chi connectivity index (χ1) is 11.8. The molecule has 25 heavy (non-hydrogen) atoms. The van der Waals surface area contributed by atoms with Crippen LogP contribution < -0.4 is 11.1 Å². The highest BCUT2D eigenvalue weighted by Crippen LogP contribution is 2.31. The smallest absolute Gasteiger partial charge is 0.294 e. The number of phenolic OH excluding ortho intramolecular Hbond substituents is 1. The van der Waals surface area contributed by atoms with Gasteiger partial charge in [-0.15, -0.1) is 0 Å². The Morgan fingerprint density at radius 3 is 2.44 bits per heavy atom. The van der Waals surface area contributed by atoms with Gasteiger partial charge in [0.05, 0.1) is 10.5 Å². The van der Waals surface area contributed by atoms with Crippen molar-refractivity contribution in [3.05, 3.63) is 60.2 Å². The maximum Gasteiger partial charge on any atom is 0.294 e. The molecule has 3 aromatic rings. The highest BCUT2D eigenvalue weighted by molar-refractivity contribution is 7.85. The highest BCUT2D eigenvalue weighted by atomic mass is 32.2. The molecule has 0 aromatic heterocycles. The van der Waals surface area contributed by atoms with E-state index in [0.29, 0.717) is 27.7 Å². The number of amides is 1. The Balaban J connectivity index is 1.98. The van der Waals surface area contributed by atoms with Crippen molar-refractivity contribution in [2.45, 2.75) is 4.90 Å². The fraction of sp³-hybridized carbons (Fsp3) is 0. The first-order valence-corrected chi connectivity index (χ1v) is 8.60. The predicted molar refractivity (Wildman–Crippen MR) is 94.2 cm³/mol. The normalized spacial score (nSPS) is 11.4. The number of hydrogen-bond donors (Lipinski definition) is 4. The molecule has 8 heteroatoms. The van der Waals surface area contributed by atoms with Crippen LogP contribution >= 0.6 is 0 Å².